The van der Waals surface area contributed by atoms with Gasteiger partial charge >= 0.3 is 5.97 Å². The Hall–Kier alpha value is -1.63. The molecule has 25 heavy (non-hydrogen) atoms. The minimum absolute atomic E-state index is 0.100. The Morgan fingerprint density at radius 3 is 2.76 bits per heavy atom. The summed E-state index contributed by atoms with van der Waals surface area (Å²) >= 11 is 0. The number of hydrogen-bond donors (Lipinski definition) is 1. The van der Waals surface area contributed by atoms with Gasteiger partial charge in [-0.25, -0.2) is 4.79 Å². The molecular weight excluding hydrogens is 322 g/mol. The van der Waals surface area contributed by atoms with Crippen molar-refractivity contribution in [2.45, 2.75) is 50.0 Å². The van der Waals surface area contributed by atoms with E-state index in [0.717, 1.165) is 37.8 Å². The van der Waals surface area contributed by atoms with E-state index in [1.54, 1.807) is 26.4 Å². The van der Waals surface area contributed by atoms with Crippen LogP contribution in [0.3, 0.4) is 0 Å². The predicted molar refractivity (Wildman–Crippen MR) is 93.2 cm³/mol. The number of methoxy groups -OCH3 is 3. The van der Waals surface area contributed by atoms with Gasteiger partial charge in [-0.1, -0.05) is 6.07 Å². The van der Waals surface area contributed by atoms with E-state index in [2.05, 4.69) is 4.90 Å². The van der Waals surface area contributed by atoms with Gasteiger partial charge in [-0.15, -0.1) is 0 Å². The normalized spacial score (nSPS) is 29.4. The number of likely N-dealkylation sites (tertiary alicyclic amines) is 1. The fourth-order valence-corrected chi connectivity index (χ4v) is 4.41. The van der Waals surface area contributed by atoms with Crippen molar-refractivity contribution in [3.63, 3.8) is 0 Å². The van der Waals surface area contributed by atoms with E-state index in [1.807, 2.05) is 6.07 Å². The van der Waals surface area contributed by atoms with Crippen LogP contribution in [0.2, 0.25) is 0 Å². The van der Waals surface area contributed by atoms with Gasteiger partial charge in [0.25, 0.3) is 0 Å². The lowest BCUT2D eigenvalue weighted by Crippen LogP contribution is -2.51. The van der Waals surface area contributed by atoms with Crippen molar-refractivity contribution < 1.29 is 24.1 Å². The quantitative estimate of drug-likeness (QED) is 0.851. The van der Waals surface area contributed by atoms with Crippen molar-refractivity contribution >= 4 is 5.97 Å². The van der Waals surface area contributed by atoms with Crippen molar-refractivity contribution in [1.82, 2.24) is 4.90 Å². The molecular formula is C19H27NO5. The van der Waals surface area contributed by atoms with Crippen LogP contribution in [0.1, 0.15) is 41.6 Å². The average molecular weight is 349 g/mol. The Balaban J connectivity index is 1.81. The predicted octanol–water partition coefficient (Wildman–Crippen LogP) is 2.55. The maximum Gasteiger partial charge on any atom is 0.339 e. The number of ether oxygens (including phenoxy) is 3. The number of carboxylic acids is 1. The monoisotopic (exact) mass is 349 g/mol. The summed E-state index contributed by atoms with van der Waals surface area (Å²) in [6, 6.07) is 5.68. The number of carbonyl (C=O) groups is 1. The van der Waals surface area contributed by atoms with E-state index >= 15 is 0 Å². The fraction of sp³-hybridized carbons (Fsp3) is 0.632. The third kappa shape index (κ3) is 3.38. The molecule has 1 saturated carbocycles. The highest BCUT2D eigenvalue weighted by molar-refractivity contribution is 5.91. The first-order valence-corrected chi connectivity index (χ1v) is 8.75. The van der Waals surface area contributed by atoms with Crippen LogP contribution in [0.5, 0.6) is 5.75 Å². The Kier molecular flexibility index (Phi) is 5.32. The second-order valence-electron chi connectivity index (χ2n) is 6.98. The van der Waals surface area contributed by atoms with Crippen LogP contribution in [-0.2, 0) is 16.0 Å². The maximum atomic E-state index is 11.4. The van der Waals surface area contributed by atoms with Crippen LogP contribution in [0.4, 0.5) is 0 Å². The summed E-state index contributed by atoms with van der Waals surface area (Å²) in [5.41, 5.74) is 1.08. The molecule has 1 aliphatic carbocycles. The SMILES string of the molecule is COc1ccc(CN2CC[C@@]3(OC)CC[C@H](OC)C[C@@H]23)cc1C(=O)O. The highest BCUT2D eigenvalue weighted by Crippen LogP contribution is 2.43. The van der Waals surface area contributed by atoms with Crippen molar-refractivity contribution in [2.24, 2.45) is 0 Å². The van der Waals surface area contributed by atoms with Crippen LogP contribution < -0.4 is 4.74 Å². The molecule has 2 aliphatic rings. The molecule has 1 aliphatic heterocycles. The van der Waals surface area contributed by atoms with Gasteiger partial charge in [-0.05, 0) is 43.4 Å². The van der Waals surface area contributed by atoms with Crippen LogP contribution in [0, 0.1) is 0 Å². The summed E-state index contributed by atoms with van der Waals surface area (Å²) in [5.74, 6) is -0.579. The molecule has 0 spiro atoms. The van der Waals surface area contributed by atoms with Crippen molar-refractivity contribution in [2.75, 3.05) is 27.9 Å². The summed E-state index contributed by atoms with van der Waals surface area (Å²) < 4.78 is 16.7. The highest BCUT2D eigenvalue weighted by Gasteiger charge is 2.50. The van der Waals surface area contributed by atoms with Gasteiger partial charge in [0.15, 0.2) is 0 Å². The van der Waals surface area contributed by atoms with Crippen LogP contribution in [-0.4, -0.2) is 61.6 Å². The molecule has 6 heteroatoms. The number of hydrogen-bond acceptors (Lipinski definition) is 5. The standard InChI is InChI=1S/C19H27NO5/c1-23-14-6-7-19(25-3)8-9-20(17(19)11-14)12-13-4-5-16(24-2)15(10-13)18(21)22/h4-5,10,14,17H,6-9,11-12H2,1-3H3,(H,21,22)/t14-,17+,19-/m0/s1. The lowest BCUT2D eigenvalue weighted by molar-refractivity contribution is -0.0947. The Bertz CT molecular complexity index is 634. The topological polar surface area (TPSA) is 68.2 Å². The summed E-state index contributed by atoms with van der Waals surface area (Å²) in [4.78, 5) is 13.9. The van der Waals surface area contributed by atoms with E-state index in [9.17, 15) is 9.90 Å². The molecule has 0 radical (unpaired) electrons. The molecule has 1 aromatic rings. The minimum atomic E-state index is -0.969. The molecule has 0 amide bonds. The smallest absolute Gasteiger partial charge is 0.339 e. The Morgan fingerprint density at radius 1 is 1.32 bits per heavy atom. The number of benzene rings is 1. The summed E-state index contributed by atoms with van der Waals surface area (Å²) in [6.07, 6.45) is 4.25. The summed E-state index contributed by atoms with van der Waals surface area (Å²) in [7, 11) is 5.06. The molecule has 1 saturated heterocycles. The maximum absolute atomic E-state index is 11.4. The van der Waals surface area contributed by atoms with Gasteiger partial charge in [0, 0.05) is 33.4 Å². The van der Waals surface area contributed by atoms with Crippen molar-refractivity contribution in [3.05, 3.63) is 29.3 Å². The molecule has 1 aromatic carbocycles. The molecule has 0 unspecified atom stereocenters. The third-order valence-corrected chi connectivity index (χ3v) is 5.87. The number of nitrogens with zero attached hydrogens (tertiary/aromatic N) is 1. The summed E-state index contributed by atoms with van der Waals surface area (Å²) in [6.45, 7) is 1.65. The van der Waals surface area contributed by atoms with E-state index in [-0.39, 0.29) is 17.3 Å². The van der Waals surface area contributed by atoms with Crippen LogP contribution in [0.15, 0.2) is 18.2 Å². The Labute approximate surface area is 148 Å². The number of carboxylic acid groups (broad SMARTS) is 1. The molecule has 6 nitrogen and oxygen atoms in total. The van der Waals surface area contributed by atoms with Crippen LogP contribution >= 0.6 is 0 Å². The highest BCUT2D eigenvalue weighted by atomic mass is 16.5. The van der Waals surface area contributed by atoms with Crippen molar-refractivity contribution in [1.29, 1.82) is 0 Å². The average Bonchev–Trinajstić information content (AvgIpc) is 2.99. The van der Waals surface area contributed by atoms with Gasteiger partial charge < -0.3 is 19.3 Å². The number of aromatic carboxylic acids is 1. The molecule has 0 aromatic heterocycles. The molecule has 3 rings (SSSR count). The van der Waals surface area contributed by atoms with E-state index in [0.29, 0.717) is 18.3 Å². The fourth-order valence-electron chi connectivity index (χ4n) is 4.41. The second kappa shape index (κ2) is 7.32. The first kappa shape index (κ1) is 18.2. The zero-order chi connectivity index (χ0) is 18.0. The van der Waals surface area contributed by atoms with E-state index in [1.165, 1.54) is 7.11 Å². The zero-order valence-electron chi connectivity index (χ0n) is 15.2. The van der Waals surface area contributed by atoms with Gasteiger partial charge in [0.05, 0.1) is 18.8 Å². The van der Waals surface area contributed by atoms with Crippen LogP contribution in [0.25, 0.3) is 0 Å². The summed E-state index contributed by atoms with van der Waals surface area (Å²) in [5, 5.41) is 9.39. The zero-order valence-corrected chi connectivity index (χ0v) is 15.2. The lowest BCUT2D eigenvalue weighted by Gasteiger charge is -2.43. The minimum Gasteiger partial charge on any atom is -0.496 e. The largest absolute Gasteiger partial charge is 0.496 e. The second-order valence-corrected chi connectivity index (χ2v) is 6.98. The first-order valence-electron chi connectivity index (χ1n) is 8.75. The van der Waals surface area contributed by atoms with Gasteiger partial charge in [0.1, 0.15) is 11.3 Å². The first-order chi connectivity index (χ1) is 12.0. The molecule has 3 atom stereocenters. The lowest BCUT2D eigenvalue weighted by atomic mass is 9.79. The van der Waals surface area contributed by atoms with E-state index < -0.39 is 5.97 Å². The molecule has 1 heterocycles. The van der Waals surface area contributed by atoms with Gasteiger partial charge in [-0.2, -0.15) is 0 Å². The van der Waals surface area contributed by atoms with Gasteiger partial charge in [-0.3, -0.25) is 4.90 Å². The van der Waals surface area contributed by atoms with E-state index in [4.69, 9.17) is 14.2 Å². The third-order valence-electron chi connectivity index (χ3n) is 5.87. The Morgan fingerprint density at radius 2 is 2.12 bits per heavy atom. The number of rotatable bonds is 6. The molecule has 1 N–H and O–H groups in total. The van der Waals surface area contributed by atoms with Crippen molar-refractivity contribution in [3.8, 4) is 5.75 Å². The molecule has 2 fully saturated rings. The molecule has 0 bridgehead atoms. The number of fused-ring (bicyclic) bond motifs is 1. The molecule has 138 valence electrons. The van der Waals surface area contributed by atoms with Gasteiger partial charge in [0.2, 0.25) is 0 Å².